The van der Waals surface area contributed by atoms with Crippen LogP contribution in [0.5, 0.6) is 0 Å². The number of hydrogen-bond donors (Lipinski definition) is 0. The third-order valence-corrected chi connectivity index (χ3v) is 10.5. The second-order valence-corrected chi connectivity index (χ2v) is 12.2. The van der Waals surface area contributed by atoms with Crippen LogP contribution < -0.4 is 0 Å². The number of nitrogens with zero attached hydrogens (tertiary/aromatic N) is 5. The molecule has 0 spiro atoms. The molecule has 6 aliphatic heterocycles. The fraction of sp³-hybridized carbons (Fsp3) is 0.783. The molecule has 32 heavy (non-hydrogen) atoms. The number of hydrogen-bond acceptors (Lipinski definition) is 8. The molecule has 7 heterocycles. The third kappa shape index (κ3) is 4.63. The van der Waals surface area contributed by atoms with Gasteiger partial charge in [0.25, 0.3) is 5.91 Å². The van der Waals surface area contributed by atoms with Crippen molar-refractivity contribution in [1.29, 1.82) is 0 Å². The molecule has 1 aromatic heterocycles. The standard InChI is InChI=1S/C23H37N5OS3/c1-30-22(26-15-13-24-9-5-18(26)6-10-24)28(21(29)20-4-3-17-32-20)23(31-2)27-16-14-25-11-7-19(27)8-12-25/h3-4,17-19,22-23H,5-16H2,1-2H3. The molecule has 7 rings (SSSR count). The van der Waals surface area contributed by atoms with E-state index in [1.807, 2.05) is 41.0 Å². The Balaban J connectivity index is 1.49. The smallest absolute Gasteiger partial charge is 0.267 e. The summed E-state index contributed by atoms with van der Waals surface area (Å²) in [6.45, 7) is 9.19. The molecular weight excluding hydrogens is 458 g/mol. The Labute approximate surface area is 205 Å². The largest absolute Gasteiger partial charge is 0.302 e. The quantitative estimate of drug-likeness (QED) is 0.538. The van der Waals surface area contributed by atoms with Gasteiger partial charge >= 0.3 is 0 Å². The molecule has 4 bridgehead atoms. The van der Waals surface area contributed by atoms with Crippen molar-refractivity contribution >= 4 is 40.8 Å². The summed E-state index contributed by atoms with van der Waals surface area (Å²) in [7, 11) is 0. The van der Waals surface area contributed by atoms with Gasteiger partial charge in [-0.3, -0.25) is 19.5 Å². The molecule has 0 aliphatic carbocycles. The van der Waals surface area contributed by atoms with Crippen molar-refractivity contribution in [3.63, 3.8) is 0 Å². The van der Waals surface area contributed by atoms with Crippen molar-refractivity contribution in [3.8, 4) is 0 Å². The lowest BCUT2D eigenvalue weighted by molar-refractivity contribution is 0.00618. The second kappa shape index (κ2) is 10.5. The number of thioether (sulfide) groups is 2. The zero-order valence-electron chi connectivity index (χ0n) is 19.4. The summed E-state index contributed by atoms with van der Waals surface area (Å²) >= 11 is 5.29. The fourth-order valence-electron chi connectivity index (χ4n) is 6.06. The van der Waals surface area contributed by atoms with Gasteiger partial charge in [0.2, 0.25) is 0 Å². The van der Waals surface area contributed by atoms with Crippen LogP contribution in [0.4, 0.5) is 0 Å². The van der Waals surface area contributed by atoms with Crippen molar-refractivity contribution in [3.05, 3.63) is 22.4 Å². The van der Waals surface area contributed by atoms with Crippen molar-refractivity contribution in [2.24, 2.45) is 0 Å². The third-order valence-electron chi connectivity index (χ3n) is 7.83. The first-order valence-corrected chi connectivity index (χ1v) is 15.5. The summed E-state index contributed by atoms with van der Waals surface area (Å²) in [6, 6.07) is 5.19. The molecule has 6 saturated heterocycles. The Hall–Kier alpha value is -0.290. The monoisotopic (exact) mass is 495 g/mol. The van der Waals surface area contributed by atoms with Gasteiger partial charge in [0.1, 0.15) is 11.0 Å². The molecular formula is C23H37N5OS3. The zero-order valence-corrected chi connectivity index (χ0v) is 21.8. The first kappa shape index (κ1) is 23.5. The van der Waals surface area contributed by atoms with Crippen LogP contribution >= 0.6 is 34.9 Å². The van der Waals surface area contributed by atoms with E-state index in [1.165, 1.54) is 51.9 Å². The van der Waals surface area contributed by atoms with Gasteiger partial charge in [-0.25, -0.2) is 0 Å². The average molecular weight is 496 g/mol. The predicted molar refractivity (Wildman–Crippen MR) is 137 cm³/mol. The van der Waals surface area contributed by atoms with Crippen molar-refractivity contribution < 1.29 is 4.79 Å². The fourth-order valence-corrected chi connectivity index (χ4v) is 8.78. The first-order valence-electron chi connectivity index (χ1n) is 12.1. The van der Waals surface area contributed by atoms with E-state index in [1.54, 1.807) is 11.3 Å². The van der Waals surface area contributed by atoms with Crippen LogP contribution in [0.3, 0.4) is 0 Å². The van der Waals surface area contributed by atoms with Gasteiger partial charge < -0.3 is 9.80 Å². The van der Waals surface area contributed by atoms with Gasteiger partial charge in [-0.2, -0.15) is 0 Å². The van der Waals surface area contributed by atoms with E-state index >= 15 is 0 Å². The summed E-state index contributed by atoms with van der Waals surface area (Å²) < 4.78 is 0. The van der Waals surface area contributed by atoms with Crippen molar-refractivity contribution in [2.45, 2.75) is 48.8 Å². The maximum Gasteiger partial charge on any atom is 0.267 e. The van der Waals surface area contributed by atoms with Crippen LogP contribution in [0.1, 0.15) is 35.4 Å². The molecule has 6 aliphatic rings. The lowest BCUT2D eigenvalue weighted by atomic mass is 10.1. The number of piperidine rings is 2. The number of carbonyl (C=O) groups is 1. The number of carbonyl (C=O) groups excluding carboxylic acids is 1. The van der Waals surface area contributed by atoms with Crippen LogP contribution in [0.25, 0.3) is 0 Å². The van der Waals surface area contributed by atoms with Crippen LogP contribution in [0.2, 0.25) is 0 Å². The molecule has 6 fully saturated rings. The van der Waals surface area contributed by atoms with E-state index in [9.17, 15) is 4.79 Å². The highest BCUT2D eigenvalue weighted by Crippen LogP contribution is 2.36. The summed E-state index contributed by atoms with van der Waals surface area (Å²) in [5.41, 5.74) is 0.150. The molecule has 1 aromatic rings. The Morgan fingerprint density at radius 3 is 1.78 bits per heavy atom. The molecule has 6 nitrogen and oxygen atoms in total. The molecule has 178 valence electrons. The Morgan fingerprint density at radius 2 is 1.38 bits per heavy atom. The van der Waals surface area contributed by atoms with Gasteiger partial charge in [-0.15, -0.1) is 34.9 Å². The minimum absolute atomic E-state index is 0.0749. The van der Waals surface area contributed by atoms with Crippen LogP contribution in [0.15, 0.2) is 17.5 Å². The summed E-state index contributed by atoms with van der Waals surface area (Å²) in [5, 5.41) is 2.04. The Morgan fingerprint density at radius 1 is 0.875 bits per heavy atom. The number of thiophene rings is 1. The van der Waals surface area contributed by atoms with E-state index < -0.39 is 0 Å². The zero-order chi connectivity index (χ0) is 22.1. The van der Waals surface area contributed by atoms with E-state index in [0.29, 0.717) is 12.1 Å². The van der Waals surface area contributed by atoms with E-state index in [-0.39, 0.29) is 16.9 Å². The maximum atomic E-state index is 14.1. The molecule has 9 heteroatoms. The van der Waals surface area contributed by atoms with Crippen molar-refractivity contribution in [2.75, 3.05) is 64.9 Å². The predicted octanol–water partition coefficient (Wildman–Crippen LogP) is 3.04. The highest BCUT2D eigenvalue weighted by atomic mass is 32.2. The van der Waals surface area contributed by atoms with Crippen LogP contribution in [0, 0.1) is 0 Å². The normalized spacial score (nSPS) is 32.9. The summed E-state index contributed by atoms with van der Waals surface area (Å²) in [5.74, 6) is 0.205. The number of rotatable bonds is 7. The van der Waals surface area contributed by atoms with Gasteiger partial charge in [0, 0.05) is 38.3 Å². The Bertz CT molecular complexity index is 709. The molecule has 2 atom stereocenters. The van der Waals surface area contributed by atoms with Gasteiger partial charge in [-0.1, -0.05) is 6.07 Å². The molecule has 0 aromatic carbocycles. The second-order valence-electron chi connectivity index (χ2n) is 9.43. The minimum Gasteiger partial charge on any atom is -0.302 e. The van der Waals surface area contributed by atoms with Crippen LogP contribution in [-0.4, -0.2) is 118 Å². The lowest BCUT2D eigenvalue weighted by Crippen LogP contribution is -2.61. The highest BCUT2D eigenvalue weighted by Gasteiger charge is 2.44. The lowest BCUT2D eigenvalue weighted by Gasteiger charge is -2.48. The first-order chi connectivity index (χ1) is 15.7. The van der Waals surface area contributed by atoms with Crippen molar-refractivity contribution in [1.82, 2.24) is 24.5 Å². The minimum atomic E-state index is 0.0749. The average Bonchev–Trinajstić information content (AvgIpc) is 2.97. The van der Waals surface area contributed by atoms with Gasteiger partial charge in [-0.05, 0) is 75.8 Å². The number of amides is 1. The topological polar surface area (TPSA) is 33.3 Å². The van der Waals surface area contributed by atoms with Gasteiger partial charge in [0.15, 0.2) is 0 Å². The van der Waals surface area contributed by atoms with E-state index in [2.05, 4.69) is 37.0 Å². The molecule has 0 N–H and O–H groups in total. The number of fused-ring (bicyclic) bond motifs is 8. The molecule has 0 saturated carbocycles. The summed E-state index contributed by atoms with van der Waals surface area (Å²) in [4.78, 5) is 27.8. The summed E-state index contributed by atoms with van der Waals surface area (Å²) in [6.07, 6.45) is 9.31. The van der Waals surface area contributed by atoms with E-state index in [4.69, 9.17) is 0 Å². The van der Waals surface area contributed by atoms with Crippen LogP contribution in [-0.2, 0) is 0 Å². The molecule has 2 unspecified atom stereocenters. The van der Waals surface area contributed by atoms with E-state index in [0.717, 1.165) is 31.1 Å². The SMILES string of the molecule is CSC(N1CCN2CCC1CC2)N(C(=O)c1cccs1)C(SC)N1CCN2CCC1CC2. The molecule has 0 radical (unpaired) electrons. The molecule has 1 amide bonds. The Kier molecular flexibility index (Phi) is 7.73. The maximum absolute atomic E-state index is 14.1. The van der Waals surface area contributed by atoms with Gasteiger partial charge in [0.05, 0.1) is 4.88 Å². The highest BCUT2D eigenvalue weighted by molar-refractivity contribution is 8.00.